The van der Waals surface area contributed by atoms with Gasteiger partial charge in [-0.3, -0.25) is 34.8 Å². The highest BCUT2D eigenvalue weighted by atomic mass is 17.1. The van der Waals surface area contributed by atoms with Crippen LogP contribution in [0.1, 0.15) is 13.8 Å². The highest BCUT2D eigenvalue weighted by Crippen LogP contribution is 2.11. The predicted octanol–water partition coefficient (Wildman–Crippen LogP) is -0.552. The van der Waals surface area contributed by atoms with E-state index in [1.165, 1.54) is 0 Å². The van der Waals surface area contributed by atoms with Gasteiger partial charge >= 0.3 is 11.9 Å². The van der Waals surface area contributed by atoms with Crippen LogP contribution in [0.2, 0.25) is 0 Å². The summed E-state index contributed by atoms with van der Waals surface area (Å²) in [5.74, 6) is -1.92. The van der Waals surface area contributed by atoms with Gasteiger partial charge in [0.2, 0.25) is 0 Å². The molecule has 4 N–H and O–H groups in total. The fourth-order valence-corrected chi connectivity index (χ4v) is 2.65. The second kappa shape index (κ2) is 13.8. The monoisotopic (exact) mass is 381 g/mol. The molecule has 0 rings (SSSR count). The molecule has 0 heterocycles. The molecule has 0 bridgehead atoms. The fraction of sp³-hybridized carbons (Fsp3) is 0.867. The van der Waals surface area contributed by atoms with Crippen molar-refractivity contribution in [2.75, 3.05) is 59.5 Å². The highest BCUT2D eigenvalue weighted by molar-refractivity contribution is 5.69. The molecule has 26 heavy (non-hydrogen) atoms. The van der Waals surface area contributed by atoms with Crippen LogP contribution < -0.4 is 0 Å². The van der Waals surface area contributed by atoms with Gasteiger partial charge in [-0.25, -0.2) is 9.78 Å². The van der Waals surface area contributed by atoms with E-state index >= 15 is 0 Å². The lowest BCUT2D eigenvalue weighted by molar-refractivity contribution is -0.253. The van der Waals surface area contributed by atoms with Gasteiger partial charge in [0, 0.05) is 38.3 Å². The Morgan fingerprint density at radius 1 is 0.808 bits per heavy atom. The molecule has 0 fully saturated rings. The van der Waals surface area contributed by atoms with Crippen LogP contribution in [-0.2, 0) is 19.4 Å². The first kappa shape index (κ1) is 24.7. The summed E-state index contributed by atoms with van der Waals surface area (Å²) < 4.78 is 0. The van der Waals surface area contributed by atoms with Crippen molar-refractivity contribution in [3.05, 3.63) is 0 Å². The van der Waals surface area contributed by atoms with E-state index in [1.54, 1.807) is 16.8 Å². The van der Waals surface area contributed by atoms with Crippen LogP contribution in [0.4, 0.5) is 0 Å². The molecule has 0 aliphatic heterocycles. The molecule has 0 aliphatic carbocycles. The number of hydrogen-bond acceptors (Lipinski definition) is 9. The van der Waals surface area contributed by atoms with Crippen LogP contribution in [0.25, 0.3) is 0 Å². The van der Waals surface area contributed by atoms with Gasteiger partial charge in [-0.05, 0) is 20.9 Å². The van der Waals surface area contributed by atoms with Crippen molar-refractivity contribution in [2.45, 2.75) is 25.9 Å². The Labute approximate surface area is 153 Å². The standard InChI is InChI=1S/C15H31N3O8/c1-12(17(6-8-25-23)7-9-26-24)13(2)18(11-15(21)22)5-4-16(3)10-14(19)20/h12-13,23-24H,4-11H2,1-3H3,(H,19,20)(H,21,22). The van der Waals surface area contributed by atoms with Gasteiger partial charge in [0.25, 0.3) is 0 Å². The van der Waals surface area contributed by atoms with E-state index < -0.39 is 11.9 Å². The smallest absolute Gasteiger partial charge is 0.317 e. The van der Waals surface area contributed by atoms with Gasteiger partial charge in [-0.1, -0.05) is 0 Å². The molecule has 0 aromatic rings. The molecule has 11 heteroatoms. The largest absolute Gasteiger partial charge is 0.480 e. The van der Waals surface area contributed by atoms with Crippen LogP contribution in [0.15, 0.2) is 0 Å². The summed E-state index contributed by atoms with van der Waals surface area (Å²) in [6.07, 6.45) is 0. The van der Waals surface area contributed by atoms with Crippen molar-refractivity contribution in [3.63, 3.8) is 0 Å². The minimum Gasteiger partial charge on any atom is -0.480 e. The van der Waals surface area contributed by atoms with Gasteiger partial charge in [0.15, 0.2) is 0 Å². The summed E-state index contributed by atoms with van der Waals surface area (Å²) in [6, 6.07) is -0.328. The van der Waals surface area contributed by atoms with E-state index in [-0.39, 0.29) is 38.4 Å². The molecule has 0 radical (unpaired) electrons. The van der Waals surface area contributed by atoms with E-state index in [2.05, 4.69) is 9.78 Å². The predicted molar refractivity (Wildman–Crippen MR) is 92.0 cm³/mol. The van der Waals surface area contributed by atoms with Crippen molar-refractivity contribution in [1.29, 1.82) is 0 Å². The van der Waals surface area contributed by atoms with Crippen molar-refractivity contribution in [1.82, 2.24) is 14.7 Å². The van der Waals surface area contributed by atoms with Crippen molar-refractivity contribution in [2.24, 2.45) is 0 Å². The first-order valence-electron chi connectivity index (χ1n) is 8.35. The van der Waals surface area contributed by atoms with Crippen LogP contribution in [0, 0.1) is 0 Å². The average molecular weight is 381 g/mol. The van der Waals surface area contributed by atoms with Crippen LogP contribution >= 0.6 is 0 Å². The number of carboxylic acids is 2. The molecule has 2 unspecified atom stereocenters. The fourth-order valence-electron chi connectivity index (χ4n) is 2.65. The third-order valence-electron chi connectivity index (χ3n) is 4.30. The van der Waals surface area contributed by atoms with Crippen LogP contribution in [0.5, 0.6) is 0 Å². The van der Waals surface area contributed by atoms with Crippen LogP contribution in [0.3, 0.4) is 0 Å². The van der Waals surface area contributed by atoms with Crippen molar-refractivity contribution < 1.29 is 40.1 Å². The van der Waals surface area contributed by atoms with Gasteiger partial charge in [0.05, 0.1) is 26.3 Å². The molecule has 0 aromatic heterocycles. The number of nitrogens with zero attached hydrogens (tertiary/aromatic N) is 3. The van der Waals surface area contributed by atoms with E-state index in [0.29, 0.717) is 26.2 Å². The molecule has 0 saturated heterocycles. The number of carboxylic acid groups (broad SMARTS) is 2. The molecule has 2 atom stereocenters. The Morgan fingerprint density at radius 3 is 1.69 bits per heavy atom. The Kier molecular flexibility index (Phi) is 13.1. The Hall–Kier alpha value is -1.34. The normalized spacial score (nSPS) is 14.2. The summed E-state index contributed by atoms with van der Waals surface area (Å²) in [4.78, 5) is 35.4. The lowest BCUT2D eigenvalue weighted by Gasteiger charge is -2.38. The first-order valence-corrected chi connectivity index (χ1v) is 8.35. The quantitative estimate of drug-likeness (QED) is 0.202. The maximum absolute atomic E-state index is 11.2. The molecular weight excluding hydrogens is 350 g/mol. The SMILES string of the molecule is CC(C(C)N(CCN(C)CC(=O)O)CC(=O)O)N(CCOO)CCOO. The topological polar surface area (TPSA) is 143 Å². The minimum atomic E-state index is -0.978. The second-order valence-electron chi connectivity index (χ2n) is 6.18. The summed E-state index contributed by atoms with van der Waals surface area (Å²) in [5.41, 5.74) is 0. The molecule has 0 spiro atoms. The van der Waals surface area contributed by atoms with Gasteiger partial charge in [0.1, 0.15) is 0 Å². The highest BCUT2D eigenvalue weighted by Gasteiger charge is 2.26. The molecule has 0 saturated carbocycles. The third-order valence-corrected chi connectivity index (χ3v) is 4.30. The maximum Gasteiger partial charge on any atom is 0.317 e. The number of aliphatic carboxylic acids is 2. The Balaban J connectivity index is 4.94. The molecular formula is C15H31N3O8. The number of hydrogen-bond donors (Lipinski definition) is 4. The molecule has 0 aliphatic rings. The second-order valence-corrected chi connectivity index (χ2v) is 6.18. The van der Waals surface area contributed by atoms with E-state index in [1.807, 2.05) is 18.7 Å². The molecule has 0 aromatic carbocycles. The molecule has 0 amide bonds. The minimum absolute atomic E-state index is 0.0583. The lowest BCUT2D eigenvalue weighted by Crippen LogP contribution is -2.53. The molecule has 11 nitrogen and oxygen atoms in total. The summed E-state index contributed by atoms with van der Waals surface area (Å²) in [6.45, 7) is 5.08. The Bertz CT molecular complexity index is 404. The summed E-state index contributed by atoms with van der Waals surface area (Å²) >= 11 is 0. The van der Waals surface area contributed by atoms with E-state index in [0.717, 1.165) is 0 Å². The van der Waals surface area contributed by atoms with E-state index in [4.69, 9.17) is 15.6 Å². The number of carbonyl (C=O) groups is 2. The zero-order valence-corrected chi connectivity index (χ0v) is 15.6. The maximum atomic E-state index is 11.2. The zero-order valence-electron chi connectivity index (χ0n) is 15.6. The summed E-state index contributed by atoms with van der Waals surface area (Å²) in [7, 11) is 1.66. The zero-order chi connectivity index (χ0) is 20.1. The van der Waals surface area contributed by atoms with Gasteiger partial charge < -0.3 is 10.2 Å². The third kappa shape index (κ3) is 10.6. The lowest BCUT2D eigenvalue weighted by atomic mass is 10.1. The number of likely N-dealkylation sites (N-methyl/N-ethyl adjacent to an activating group) is 1. The average Bonchev–Trinajstić information content (AvgIpc) is 2.56. The van der Waals surface area contributed by atoms with Crippen LogP contribution in [-0.4, -0.2) is 119 Å². The summed E-state index contributed by atoms with van der Waals surface area (Å²) in [5, 5.41) is 35.1. The van der Waals surface area contributed by atoms with E-state index in [9.17, 15) is 14.7 Å². The van der Waals surface area contributed by atoms with Gasteiger partial charge in [-0.15, -0.1) is 0 Å². The van der Waals surface area contributed by atoms with Gasteiger partial charge in [-0.2, -0.15) is 0 Å². The first-order chi connectivity index (χ1) is 12.2. The van der Waals surface area contributed by atoms with Crippen molar-refractivity contribution in [3.8, 4) is 0 Å². The Morgan fingerprint density at radius 2 is 1.27 bits per heavy atom. The molecule has 154 valence electrons. The van der Waals surface area contributed by atoms with Crippen molar-refractivity contribution >= 4 is 11.9 Å². The number of rotatable bonds is 16.